The molecule has 3 aromatic carbocycles. The van der Waals surface area contributed by atoms with Gasteiger partial charge >= 0.3 is 0 Å². The third-order valence-corrected chi connectivity index (χ3v) is 5.49. The van der Waals surface area contributed by atoms with E-state index in [1.54, 1.807) is 0 Å². The van der Waals surface area contributed by atoms with Crippen LogP contribution in [0.2, 0.25) is 0 Å². The van der Waals surface area contributed by atoms with Crippen molar-refractivity contribution in [2.75, 3.05) is 6.16 Å². The normalized spacial score (nSPS) is 9.12. The first kappa shape index (κ1) is 24.0. The molecular weight excluding hydrogens is 556 g/mol. The molecule has 0 N–H and O–H groups in total. The van der Waals surface area contributed by atoms with Crippen molar-refractivity contribution in [1.82, 2.24) is 0 Å². The Hall–Kier alpha value is -0.0200. The fraction of sp³-hybridized carbons (Fsp3) is 0.100. The van der Waals surface area contributed by atoms with Gasteiger partial charge in [0.1, 0.15) is 0 Å². The highest BCUT2D eigenvalue weighted by molar-refractivity contribution is 14.0. The van der Waals surface area contributed by atoms with E-state index in [0.29, 0.717) is 0 Å². The van der Waals surface area contributed by atoms with Crippen molar-refractivity contribution < 1.29 is 0 Å². The Morgan fingerprint density at radius 1 is 0.583 bits per heavy atom. The SMILES string of the molecule is CCP.I.I.c1ccc(P(c2ccccc2)c2ccccc2)cc1. The summed E-state index contributed by atoms with van der Waals surface area (Å²) in [4.78, 5) is 0. The zero-order valence-corrected chi connectivity index (χ0v) is 20.4. The van der Waals surface area contributed by atoms with E-state index in [9.17, 15) is 0 Å². The predicted molar refractivity (Wildman–Crippen MR) is 136 cm³/mol. The number of hydrogen-bond acceptors (Lipinski definition) is 0. The van der Waals surface area contributed by atoms with E-state index < -0.39 is 7.92 Å². The van der Waals surface area contributed by atoms with Gasteiger partial charge in [-0.3, -0.25) is 0 Å². The molecule has 24 heavy (non-hydrogen) atoms. The second-order valence-electron chi connectivity index (χ2n) is 4.75. The average molecular weight is 580 g/mol. The smallest absolute Gasteiger partial charge is 0.0134 e. The van der Waals surface area contributed by atoms with Gasteiger partial charge in [-0.25, -0.2) is 0 Å². The summed E-state index contributed by atoms with van der Waals surface area (Å²) >= 11 is 0. The highest BCUT2D eigenvalue weighted by atomic mass is 127. The molecule has 0 aliphatic rings. The molecule has 0 spiro atoms. The molecule has 1 unspecified atom stereocenters. The highest BCUT2D eigenvalue weighted by Crippen LogP contribution is 2.32. The van der Waals surface area contributed by atoms with Gasteiger partial charge in [-0.15, -0.1) is 57.2 Å². The van der Waals surface area contributed by atoms with Crippen LogP contribution in [0.5, 0.6) is 0 Å². The summed E-state index contributed by atoms with van der Waals surface area (Å²) in [5, 5.41) is 4.19. The van der Waals surface area contributed by atoms with E-state index in [1.807, 2.05) is 0 Å². The van der Waals surface area contributed by atoms with Gasteiger partial charge in [0.25, 0.3) is 0 Å². The van der Waals surface area contributed by atoms with Crippen molar-refractivity contribution in [3.8, 4) is 0 Å². The topological polar surface area (TPSA) is 0 Å². The minimum absolute atomic E-state index is 0. The Morgan fingerprint density at radius 3 is 1.00 bits per heavy atom. The molecule has 3 rings (SSSR count). The van der Waals surface area contributed by atoms with Gasteiger partial charge in [-0.1, -0.05) is 97.9 Å². The van der Waals surface area contributed by atoms with Gasteiger partial charge in [0.15, 0.2) is 0 Å². The van der Waals surface area contributed by atoms with Gasteiger partial charge in [0.05, 0.1) is 0 Å². The number of benzene rings is 3. The van der Waals surface area contributed by atoms with Gasteiger partial charge in [0, 0.05) is 0 Å². The monoisotopic (exact) mass is 580 g/mol. The van der Waals surface area contributed by atoms with Crippen molar-refractivity contribution in [1.29, 1.82) is 0 Å². The highest BCUT2D eigenvalue weighted by Gasteiger charge is 2.14. The van der Waals surface area contributed by atoms with E-state index in [4.69, 9.17) is 0 Å². The molecule has 3 aromatic rings. The molecule has 0 amide bonds. The summed E-state index contributed by atoms with van der Waals surface area (Å²) in [6.45, 7) is 2.09. The maximum Gasteiger partial charge on any atom is -0.0134 e. The predicted octanol–water partition coefficient (Wildman–Crippen LogP) is 5.56. The third-order valence-electron chi connectivity index (χ3n) is 3.04. The maximum atomic E-state index is 2.58. The van der Waals surface area contributed by atoms with Crippen LogP contribution < -0.4 is 15.9 Å². The molecule has 0 saturated carbocycles. The van der Waals surface area contributed by atoms with Crippen LogP contribution in [0.25, 0.3) is 0 Å². The second kappa shape index (κ2) is 14.2. The zero-order chi connectivity index (χ0) is 15.6. The van der Waals surface area contributed by atoms with E-state index in [2.05, 4.69) is 107 Å². The first-order valence-electron chi connectivity index (χ1n) is 7.52. The van der Waals surface area contributed by atoms with Crippen LogP contribution in [-0.4, -0.2) is 6.16 Å². The summed E-state index contributed by atoms with van der Waals surface area (Å²) in [5.41, 5.74) is 0. The summed E-state index contributed by atoms with van der Waals surface area (Å²) < 4.78 is 0. The zero-order valence-electron chi connectivity index (χ0n) is 13.7. The molecular formula is C20H24I2P2. The first-order valence-corrected chi connectivity index (χ1v) is 9.68. The molecule has 0 aliphatic heterocycles. The van der Waals surface area contributed by atoms with Crippen molar-refractivity contribution >= 4 is 81.0 Å². The minimum Gasteiger partial charge on any atom is -0.138 e. The van der Waals surface area contributed by atoms with Crippen LogP contribution >= 0.6 is 65.1 Å². The van der Waals surface area contributed by atoms with E-state index in [-0.39, 0.29) is 48.0 Å². The van der Waals surface area contributed by atoms with Crippen molar-refractivity contribution in [3.05, 3.63) is 91.0 Å². The van der Waals surface area contributed by atoms with Crippen LogP contribution in [0.15, 0.2) is 91.0 Å². The Balaban J connectivity index is 0.000000988. The van der Waals surface area contributed by atoms with Crippen LogP contribution in [0.1, 0.15) is 6.92 Å². The van der Waals surface area contributed by atoms with E-state index >= 15 is 0 Å². The molecule has 1 atom stereocenters. The number of hydrogen-bond donors (Lipinski definition) is 0. The quantitative estimate of drug-likeness (QED) is 0.281. The number of rotatable bonds is 3. The Morgan fingerprint density at radius 2 is 0.792 bits per heavy atom. The van der Waals surface area contributed by atoms with Gasteiger partial charge < -0.3 is 0 Å². The van der Waals surface area contributed by atoms with Crippen LogP contribution in [0, 0.1) is 0 Å². The number of halogens is 2. The maximum absolute atomic E-state index is 2.58. The summed E-state index contributed by atoms with van der Waals surface area (Å²) in [6.07, 6.45) is 1.17. The van der Waals surface area contributed by atoms with Crippen molar-refractivity contribution in [2.24, 2.45) is 0 Å². The van der Waals surface area contributed by atoms with Crippen LogP contribution in [0.3, 0.4) is 0 Å². The summed E-state index contributed by atoms with van der Waals surface area (Å²) in [5.74, 6) is 0. The van der Waals surface area contributed by atoms with E-state index in [0.717, 1.165) is 0 Å². The second-order valence-corrected chi connectivity index (χ2v) is 7.79. The molecule has 0 radical (unpaired) electrons. The third kappa shape index (κ3) is 7.47. The lowest BCUT2D eigenvalue weighted by atomic mass is 10.4. The summed E-state index contributed by atoms with van der Waals surface area (Å²) in [7, 11) is 2.13. The molecule has 0 saturated heterocycles. The van der Waals surface area contributed by atoms with Gasteiger partial charge in [-0.2, -0.15) is 0 Å². The lowest BCUT2D eigenvalue weighted by Gasteiger charge is -2.18. The largest absolute Gasteiger partial charge is 0.138 e. The molecule has 128 valence electrons. The Labute approximate surface area is 183 Å². The molecule has 0 nitrogen and oxygen atoms in total. The fourth-order valence-electron chi connectivity index (χ4n) is 2.18. The molecule has 0 heterocycles. The molecule has 0 aromatic heterocycles. The van der Waals surface area contributed by atoms with Gasteiger partial charge in [-0.05, 0) is 30.0 Å². The molecule has 0 fully saturated rings. The van der Waals surface area contributed by atoms with Gasteiger partial charge in [0.2, 0.25) is 0 Å². The fourth-order valence-corrected chi connectivity index (χ4v) is 4.48. The summed E-state index contributed by atoms with van der Waals surface area (Å²) in [6, 6.07) is 32.3. The average Bonchev–Trinajstić information content (AvgIpc) is 2.59. The minimum atomic E-state index is -0.446. The van der Waals surface area contributed by atoms with E-state index in [1.165, 1.54) is 22.1 Å². The standard InChI is InChI=1S/C18H15P.C2H7P.2HI/c1-4-10-16(11-5-1)19(17-12-6-2-7-13-17)18-14-8-3-9-15-18;1-2-3;;/h1-15H;2-3H2,1H3;2*1H. The van der Waals surface area contributed by atoms with Crippen LogP contribution in [0.4, 0.5) is 0 Å². The molecule has 4 heteroatoms. The lowest BCUT2D eigenvalue weighted by molar-refractivity contribution is 1.53. The lowest BCUT2D eigenvalue weighted by Crippen LogP contribution is -2.20. The van der Waals surface area contributed by atoms with Crippen molar-refractivity contribution in [2.45, 2.75) is 6.92 Å². The van der Waals surface area contributed by atoms with Crippen molar-refractivity contribution in [3.63, 3.8) is 0 Å². The molecule has 0 bridgehead atoms. The Bertz CT molecular complexity index is 552. The molecule has 0 aliphatic carbocycles. The van der Waals surface area contributed by atoms with Crippen LogP contribution in [-0.2, 0) is 0 Å². The first-order chi connectivity index (χ1) is 10.9. The Kier molecular flexibility index (Phi) is 14.2.